The van der Waals surface area contributed by atoms with Crippen LogP contribution in [0, 0.1) is 0 Å². The van der Waals surface area contributed by atoms with Gasteiger partial charge in [0.2, 0.25) is 0 Å². The Labute approximate surface area is 117 Å². The van der Waals surface area contributed by atoms with Crippen LogP contribution >= 0.6 is 0 Å². The predicted octanol–water partition coefficient (Wildman–Crippen LogP) is 2.04. The van der Waals surface area contributed by atoms with Crippen LogP contribution in [-0.4, -0.2) is 41.8 Å². The molecule has 1 aliphatic heterocycles. The third-order valence-electron chi connectivity index (χ3n) is 3.45. The number of likely N-dealkylation sites (tertiary alicyclic amines) is 1. The van der Waals surface area contributed by atoms with E-state index in [0.717, 1.165) is 5.56 Å². The first-order chi connectivity index (χ1) is 9.57. The molecule has 20 heavy (non-hydrogen) atoms. The zero-order valence-electron chi connectivity index (χ0n) is 11.1. The van der Waals surface area contributed by atoms with E-state index in [9.17, 15) is 9.59 Å². The lowest BCUT2D eigenvalue weighted by Crippen LogP contribution is -2.62. The number of carboxylic acid groups (broad SMARTS) is 1. The largest absolute Gasteiger partial charge is 0.481 e. The van der Waals surface area contributed by atoms with Gasteiger partial charge in [0.25, 0.3) is 0 Å². The van der Waals surface area contributed by atoms with Gasteiger partial charge < -0.3 is 14.7 Å². The second kappa shape index (κ2) is 5.77. The van der Waals surface area contributed by atoms with E-state index in [-0.39, 0.29) is 13.0 Å². The molecule has 1 aromatic carbocycles. The van der Waals surface area contributed by atoms with Gasteiger partial charge in [-0.3, -0.25) is 4.79 Å². The van der Waals surface area contributed by atoms with Gasteiger partial charge in [-0.05, 0) is 5.56 Å². The van der Waals surface area contributed by atoms with E-state index in [1.54, 1.807) is 0 Å². The molecule has 1 N–H and O–H groups in total. The highest BCUT2D eigenvalue weighted by Crippen LogP contribution is 2.38. The number of hydrogen-bond donors (Lipinski definition) is 1. The molecule has 1 saturated heterocycles. The summed E-state index contributed by atoms with van der Waals surface area (Å²) < 4.78 is 4.95. The van der Waals surface area contributed by atoms with Gasteiger partial charge in [0.15, 0.2) is 0 Å². The van der Waals surface area contributed by atoms with Crippen molar-refractivity contribution in [3.8, 4) is 0 Å². The van der Waals surface area contributed by atoms with Crippen molar-refractivity contribution in [1.29, 1.82) is 0 Å². The number of benzene rings is 1. The normalized spacial score (nSPS) is 16.1. The number of hydrogen-bond acceptors (Lipinski definition) is 3. The highest BCUT2D eigenvalue weighted by Gasteiger charge is 2.48. The van der Waals surface area contributed by atoms with E-state index in [2.05, 4.69) is 6.58 Å². The summed E-state index contributed by atoms with van der Waals surface area (Å²) in [6, 6.07) is 9.42. The molecule has 1 aliphatic rings. The fraction of sp³-hybridized carbons (Fsp3) is 0.333. The molecule has 0 bridgehead atoms. The molecule has 5 heteroatoms. The van der Waals surface area contributed by atoms with Crippen LogP contribution in [0.1, 0.15) is 12.0 Å². The van der Waals surface area contributed by atoms with Crippen LogP contribution in [0.5, 0.6) is 0 Å². The Morgan fingerprint density at radius 1 is 1.35 bits per heavy atom. The fourth-order valence-corrected chi connectivity index (χ4v) is 2.51. The smallest absolute Gasteiger partial charge is 0.410 e. The number of carboxylic acids is 1. The zero-order chi connectivity index (χ0) is 14.6. The second-order valence-electron chi connectivity index (χ2n) is 4.94. The predicted molar refractivity (Wildman–Crippen MR) is 73.5 cm³/mol. The highest BCUT2D eigenvalue weighted by molar-refractivity contribution is 5.73. The molecule has 1 heterocycles. The lowest BCUT2D eigenvalue weighted by Gasteiger charge is -2.49. The molecule has 1 amide bonds. The molecular formula is C15H17NO4. The second-order valence-corrected chi connectivity index (χ2v) is 4.94. The summed E-state index contributed by atoms with van der Waals surface area (Å²) in [6.45, 7) is 4.36. The maximum absolute atomic E-state index is 11.7. The standard InChI is InChI=1S/C15H17NO4/c1-2-8-20-14(19)16-10-15(11-16,9-13(17)18)12-6-4-3-5-7-12/h2-7H,1,8-11H2,(H,17,18). The Hall–Kier alpha value is -2.30. The van der Waals surface area contributed by atoms with Crippen molar-refractivity contribution in [2.24, 2.45) is 0 Å². The quantitative estimate of drug-likeness (QED) is 0.835. The van der Waals surface area contributed by atoms with E-state index in [1.807, 2.05) is 30.3 Å². The molecule has 2 rings (SSSR count). The maximum Gasteiger partial charge on any atom is 0.410 e. The van der Waals surface area contributed by atoms with Crippen molar-refractivity contribution in [2.45, 2.75) is 11.8 Å². The molecular weight excluding hydrogens is 258 g/mol. The summed E-state index contributed by atoms with van der Waals surface area (Å²) in [6.07, 6.45) is 1.07. The van der Waals surface area contributed by atoms with Crippen LogP contribution < -0.4 is 0 Å². The van der Waals surface area contributed by atoms with Crippen molar-refractivity contribution >= 4 is 12.1 Å². The summed E-state index contributed by atoms with van der Waals surface area (Å²) in [5, 5.41) is 9.09. The van der Waals surface area contributed by atoms with E-state index >= 15 is 0 Å². The molecule has 0 saturated carbocycles. The summed E-state index contributed by atoms with van der Waals surface area (Å²) in [4.78, 5) is 24.3. The summed E-state index contributed by atoms with van der Waals surface area (Å²) in [5.74, 6) is -0.868. The first-order valence-corrected chi connectivity index (χ1v) is 6.37. The lowest BCUT2D eigenvalue weighted by atomic mass is 9.71. The molecule has 0 atom stereocenters. The average molecular weight is 275 g/mol. The SMILES string of the molecule is C=CCOC(=O)N1CC(CC(=O)O)(c2ccccc2)C1. The van der Waals surface area contributed by atoms with E-state index < -0.39 is 17.5 Å². The number of ether oxygens (including phenoxy) is 1. The number of aliphatic carboxylic acids is 1. The minimum atomic E-state index is -0.868. The van der Waals surface area contributed by atoms with Crippen LogP contribution in [0.4, 0.5) is 4.79 Å². The van der Waals surface area contributed by atoms with E-state index in [0.29, 0.717) is 13.1 Å². The molecule has 1 fully saturated rings. The number of carbonyl (C=O) groups is 2. The Morgan fingerprint density at radius 3 is 2.55 bits per heavy atom. The summed E-state index contributed by atoms with van der Waals surface area (Å²) >= 11 is 0. The lowest BCUT2D eigenvalue weighted by molar-refractivity contribution is -0.140. The van der Waals surface area contributed by atoms with Crippen LogP contribution in [0.25, 0.3) is 0 Å². The third-order valence-corrected chi connectivity index (χ3v) is 3.45. The molecule has 106 valence electrons. The van der Waals surface area contributed by atoms with Gasteiger partial charge in [-0.15, -0.1) is 0 Å². The topological polar surface area (TPSA) is 66.8 Å². The van der Waals surface area contributed by atoms with Crippen molar-refractivity contribution < 1.29 is 19.4 Å². The van der Waals surface area contributed by atoms with Crippen molar-refractivity contribution in [3.05, 3.63) is 48.6 Å². The van der Waals surface area contributed by atoms with Gasteiger partial charge in [-0.2, -0.15) is 0 Å². The average Bonchev–Trinajstić information content (AvgIpc) is 2.40. The first kappa shape index (κ1) is 14.1. The molecule has 0 unspecified atom stereocenters. The van der Waals surface area contributed by atoms with E-state index in [4.69, 9.17) is 9.84 Å². The van der Waals surface area contributed by atoms with Crippen LogP contribution in [0.15, 0.2) is 43.0 Å². The maximum atomic E-state index is 11.7. The highest BCUT2D eigenvalue weighted by atomic mass is 16.6. The van der Waals surface area contributed by atoms with Crippen molar-refractivity contribution in [2.75, 3.05) is 19.7 Å². The Bertz CT molecular complexity index is 506. The van der Waals surface area contributed by atoms with Crippen LogP contribution in [0.2, 0.25) is 0 Å². The Kier molecular flexibility index (Phi) is 4.08. The summed E-state index contributed by atoms with van der Waals surface area (Å²) in [7, 11) is 0. The van der Waals surface area contributed by atoms with Crippen LogP contribution in [0.3, 0.4) is 0 Å². The third kappa shape index (κ3) is 2.82. The first-order valence-electron chi connectivity index (χ1n) is 6.37. The van der Waals surface area contributed by atoms with Gasteiger partial charge in [0.1, 0.15) is 6.61 Å². The van der Waals surface area contributed by atoms with Crippen molar-refractivity contribution in [3.63, 3.8) is 0 Å². The number of carbonyl (C=O) groups excluding carboxylic acids is 1. The van der Waals surface area contributed by atoms with Gasteiger partial charge >= 0.3 is 12.1 Å². The van der Waals surface area contributed by atoms with Crippen LogP contribution in [-0.2, 0) is 14.9 Å². The fourth-order valence-electron chi connectivity index (χ4n) is 2.51. The zero-order valence-corrected chi connectivity index (χ0v) is 11.1. The Morgan fingerprint density at radius 2 is 2.00 bits per heavy atom. The molecule has 1 aromatic rings. The monoisotopic (exact) mass is 275 g/mol. The number of nitrogens with zero attached hydrogens (tertiary/aromatic N) is 1. The molecule has 0 spiro atoms. The minimum Gasteiger partial charge on any atom is -0.481 e. The number of rotatable bonds is 5. The molecule has 0 aromatic heterocycles. The van der Waals surface area contributed by atoms with E-state index in [1.165, 1.54) is 11.0 Å². The molecule has 5 nitrogen and oxygen atoms in total. The minimum absolute atomic E-state index is 0.00223. The molecule has 0 radical (unpaired) electrons. The molecule has 0 aliphatic carbocycles. The summed E-state index contributed by atoms with van der Waals surface area (Å²) in [5.41, 5.74) is 0.426. The van der Waals surface area contributed by atoms with Gasteiger partial charge in [-0.1, -0.05) is 43.0 Å². The van der Waals surface area contributed by atoms with Gasteiger partial charge in [-0.25, -0.2) is 4.79 Å². The number of amides is 1. The Balaban J connectivity index is 2.08. The van der Waals surface area contributed by atoms with Crippen molar-refractivity contribution in [1.82, 2.24) is 4.90 Å². The van der Waals surface area contributed by atoms with Gasteiger partial charge in [0.05, 0.1) is 6.42 Å². The van der Waals surface area contributed by atoms with Gasteiger partial charge in [0, 0.05) is 18.5 Å².